The molecule has 2 nitrogen and oxygen atoms in total. The van der Waals surface area contributed by atoms with E-state index in [4.69, 9.17) is 16.3 Å². The summed E-state index contributed by atoms with van der Waals surface area (Å²) in [5, 5.41) is 9.36. The second-order valence-electron chi connectivity index (χ2n) is 4.44. The molecule has 0 fully saturated rings. The van der Waals surface area contributed by atoms with Crippen LogP contribution < -0.4 is 4.74 Å². The average Bonchev–Trinajstić information content (AvgIpc) is 2.22. The molecule has 0 saturated carbocycles. The summed E-state index contributed by atoms with van der Waals surface area (Å²) in [6.07, 6.45) is 0. The average molecular weight is 247 g/mol. The van der Waals surface area contributed by atoms with Gasteiger partial charge in [-0.3, -0.25) is 0 Å². The summed E-state index contributed by atoms with van der Waals surface area (Å²) < 4.78 is 19.2. The van der Waals surface area contributed by atoms with Crippen LogP contribution in [-0.2, 0) is 5.41 Å². The van der Waals surface area contributed by atoms with E-state index in [-0.39, 0.29) is 11.6 Å². The van der Waals surface area contributed by atoms with E-state index in [1.165, 1.54) is 13.2 Å². The van der Waals surface area contributed by atoms with E-state index in [1.807, 2.05) is 0 Å². The molecule has 1 rings (SSSR count). The molecule has 16 heavy (non-hydrogen) atoms. The van der Waals surface area contributed by atoms with Gasteiger partial charge in [-0.25, -0.2) is 4.39 Å². The first-order valence-corrected chi connectivity index (χ1v) is 5.37. The number of halogens is 2. The highest BCUT2D eigenvalue weighted by molar-refractivity contribution is 6.31. The van der Waals surface area contributed by atoms with Crippen molar-refractivity contribution in [1.29, 1.82) is 0 Å². The molecule has 0 aliphatic heterocycles. The van der Waals surface area contributed by atoms with E-state index in [0.717, 1.165) is 5.56 Å². The fourth-order valence-electron chi connectivity index (χ4n) is 1.68. The molecule has 0 saturated heterocycles. The van der Waals surface area contributed by atoms with E-state index in [1.54, 1.807) is 20.8 Å². The Kier molecular flexibility index (Phi) is 3.81. The predicted molar refractivity (Wildman–Crippen MR) is 62.8 cm³/mol. The minimum atomic E-state index is -0.731. The van der Waals surface area contributed by atoms with Gasteiger partial charge in [-0.1, -0.05) is 25.4 Å². The lowest BCUT2D eigenvalue weighted by Crippen LogP contribution is -2.25. The molecule has 4 heteroatoms. The van der Waals surface area contributed by atoms with Crippen LogP contribution in [0, 0.1) is 12.7 Å². The van der Waals surface area contributed by atoms with Crippen LogP contribution in [0.3, 0.4) is 0 Å². The van der Waals surface area contributed by atoms with Gasteiger partial charge in [0.2, 0.25) is 0 Å². The monoisotopic (exact) mass is 246 g/mol. The molecule has 0 aliphatic carbocycles. The Bertz CT molecular complexity index is 402. The summed E-state index contributed by atoms with van der Waals surface area (Å²) in [7, 11) is 1.48. The molecular weight excluding hydrogens is 231 g/mol. The van der Waals surface area contributed by atoms with Crippen LogP contribution in [0.2, 0.25) is 5.02 Å². The summed E-state index contributed by atoms with van der Waals surface area (Å²) in [5.74, 6) is -0.0795. The van der Waals surface area contributed by atoms with Crippen molar-refractivity contribution in [3.63, 3.8) is 0 Å². The third kappa shape index (κ3) is 2.15. The Morgan fingerprint density at radius 1 is 1.50 bits per heavy atom. The zero-order chi connectivity index (χ0) is 12.5. The molecule has 0 aliphatic rings. The van der Waals surface area contributed by atoms with Crippen molar-refractivity contribution in [3.05, 3.63) is 28.0 Å². The van der Waals surface area contributed by atoms with Gasteiger partial charge in [-0.2, -0.15) is 0 Å². The lowest BCUT2D eigenvalue weighted by Gasteiger charge is -2.26. The van der Waals surface area contributed by atoms with Crippen molar-refractivity contribution < 1.29 is 14.2 Å². The predicted octanol–water partition coefficient (Wildman–Crippen LogP) is 3.07. The molecular formula is C12H16ClFO2. The van der Waals surface area contributed by atoms with Gasteiger partial charge in [-0.15, -0.1) is 0 Å². The van der Waals surface area contributed by atoms with Crippen molar-refractivity contribution in [1.82, 2.24) is 0 Å². The number of aliphatic hydroxyl groups is 1. The number of hydrogen-bond donors (Lipinski definition) is 1. The smallest absolute Gasteiger partial charge is 0.149 e. The molecule has 0 bridgehead atoms. The molecule has 1 aromatic rings. The molecule has 0 spiro atoms. The molecule has 0 atom stereocenters. The van der Waals surface area contributed by atoms with E-state index < -0.39 is 11.2 Å². The summed E-state index contributed by atoms with van der Waals surface area (Å²) in [6, 6.07) is 1.52. The highest BCUT2D eigenvalue weighted by Crippen LogP contribution is 2.39. The third-order valence-electron chi connectivity index (χ3n) is 2.63. The van der Waals surface area contributed by atoms with Crippen LogP contribution >= 0.6 is 11.6 Å². The van der Waals surface area contributed by atoms with Crippen LogP contribution in [0.1, 0.15) is 25.0 Å². The van der Waals surface area contributed by atoms with Gasteiger partial charge in [0.25, 0.3) is 0 Å². The van der Waals surface area contributed by atoms with Crippen LogP contribution in [0.5, 0.6) is 5.75 Å². The topological polar surface area (TPSA) is 29.5 Å². The van der Waals surface area contributed by atoms with Gasteiger partial charge in [0.1, 0.15) is 11.6 Å². The van der Waals surface area contributed by atoms with Crippen molar-refractivity contribution in [3.8, 4) is 5.75 Å². The highest BCUT2D eigenvalue weighted by atomic mass is 35.5. The number of hydrogen-bond acceptors (Lipinski definition) is 2. The van der Waals surface area contributed by atoms with E-state index >= 15 is 0 Å². The Balaban J connectivity index is 3.57. The lowest BCUT2D eigenvalue weighted by molar-refractivity contribution is 0.210. The van der Waals surface area contributed by atoms with Gasteiger partial charge < -0.3 is 9.84 Å². The van der Waals surface area contributed by atoms with E-state index in [9.17, 15) is 9.50 Å². The van der Waals surface area contributed by atoms with Gasteiger partial charge in [-0.05, 0) is 18.6 Å². The number of aliphatic hydroxyl groups excluding tert-OH is 1. The maximum Gasteiger partial charge on any atom is 0.149 e. The molecule has 1 N–H and O–H groups in total. The SMILES string of the molecule is COc1c(C)cc(Cl)c(F)c1C(C)(C)CO. The second-order valence-corrected chi connectivity index (χ2v) is 4.85. The summed E-state index contributed by atoms with van der Waals surface area (Å²) in [5.41, 5.74) is 0.346. The number of rotatable bonds is 3. The second kappa shape index (κ2) is 4.60. The summed E-state index contributed by atoms with van der Waals surface area (Å²) in [6.45, 7) is 5.09. The molecule has 0 amide bonds. The minimum Gasteiger partial charge on any atom is -0.496 e. The van der Waals surface area contributed by atoms with Gasteiger partial charge in [0, 0.05) is 11.0 Å². The van der Waals surface area contributed by atoms with Crippen molar-refractivity contribution in [2.75, 3.05) is 13.7 Å². The standard InChI is InChI=1S/C12H16ClFO2/c1-7-5-8(13)10(14)9(11(7)16-4)12(2,3)6-15/h5,15H,6H2,1-4H3. The van der Waals surface area contributed by atoms with Crippen LogP contribution in [-0.4, -0.2) is 18.8 Å². The van der Waals surface area contributed by atoms with Crippen molar-refractivity contribution in [2.45, 2.75) is 26.2 Å². The number of benzene rings is 1. The molecule has 0 unspecified atom stereocenters. The Labute approximate surface area is 100.0 Å². The zero-order valence-electron chi connectivity index (χ0n) is 9.90. The third-order valence-corrected chi connectivity index (χ3v) is 2.91. The Hall–Kier alpha value is -0.800. The van der Waals surface area contributed by atoms with Crippen molar-refractivity contribution in [2.24, 2.45) is 0 Å². The number of aryl methyl sites for hydroxylation is 1. The maximum atomic E-state index is 14.0. The lowest BCUT2D eigenvalue weighted by atomic mass is 9.83. The van der Waals surface area contributed by atoms with E-state index in [0.29, 0.717) is 11.3 Å². The molecule has 90 valence electrons. The highest BCUT2D eigenvalue weighted by Gasteiger charge is 2.30. The van der Waals surface area contributed by atoms with Gasteiger partial charge >= 0.3 is 0 Å². The van der Waals surface area contributed by atoms with Gasteiger partial charge in [0.15, 0.2) is 0 Å². The first-order chi connectivity index (χ1) is 7.35. The van der Waals surface area contributed by atoms with Crippen LogP contribution in [0.15, 0.2) is 6.07 Å². The normalized spacial score (nSPS) is 11.7. The minimum absolute atomic E-state index is 0.0508. The van der Waals surface area contributed by atoms with Crippen LogP contribution in [0.4, 0.5) is 4.39 Å². The summed E-state index contributed by atoms with van der Waals surface area (Å²) >= 11 is 5.80. The largest absolute Gasteiger partial charge is 0.496 e. The quantitative estimate of drug-likeness (QED) is 0.888. The first kappa shape index (κ1) is 13.3. The number of ether oxygens (including phenoxy) is 1. The molecule has 0 aromatic heterocycles. The van der Waals surface area contributed by atoms with Crippen molar-refractivity contribution >= 4 is 11.6 Å². The maximum absolute atomic E-state index is 14.0. The Morgan fingerprint density at radius 2 is 2.06 bits per heavy atom. The van der Waals surface area contributed by atoms with E-state index in [2.05, 4.69) is 0 Å². The molecule has 1 aromatic carbocycles. The zero-order valence-corrected chi connectivity index (χ0v) is 10.7. The van der Waals surface area contributed by atoms with Crippen LogP contribution in [0.25, 0.3) is 0 Å². The van der Waals surface area contributed by atoms with Gasteiger partial charge in [0.05, 0.1) is 18.7 Å². The number of methoxy groups -OCH3 is 1. The summed E-state index contributed by atoms with van der Waals surface area (Å²) in [4.78, 5) is 0. The molecule has 0 heterocycles. The fourth-order valence-corrected chi connectivity index (χ4v) is 1.94. The molecule has 0 radical (unpaired) electrons. The Morgan fingerprint density at radius 3 is 2.50 bits per heavy atom. The first-order valence-electron chi connectivity index (χ1n) is 4.99. The fraction of sp³-hybridized carbons (Fsp3) is 0.500.